The highest BCUT2D eigenvalue weighted by Crippen LogP contribution is 2.26. The molecule has 0 unspecified atom stereocenters. The van der Waals surface area contributed by atoms with Gasteiger partial charge in [0.15, 0.2) is 5.65 Å². The summed E-state index contributed by atoms with van der Waals surface area (Å²) in [6, 6.07) is 14.8. The van der Waals surface area contributed by atoms with Gasteiger partial charge < -0.3 is 14.8 Å². The molecule has 4 aromatic rings. The monoisotopic (exact) mass is 435 g/mol. The minimum Gasteiger partial charge on any atom is -0.497 e. The number of carbonyl (C=O) groups is 1. The first-order valence-corrected chi connectivity index (χ1v) is 10.6. The highest BCUT2D eigenvalue weighted by atomic mass is 32.2. The molecule has 0 spiro atoms. The number of benzene rings is 2. The van der Waals surface area contributed by atoms with Crippen LogP contribution >= 0.6 is 11.8 Å². The summed E-state index contributed by atoms with van der Waals surface area (Å²) in [7, 11) is 1.63. The number of carbonyl (C=O) groups excluding carboxylic acids is 1. The van der Waals surface area contributed by atoms with Gasteiger partial charge in [-0.25, -0.2) is 14.6 Å². The lowest BCUT2D eigenvalue weighted by Crippen LogP contribution is -2.14. The van der Waals surface area contributed by atoms with E-state index in [4.69, 9.17) is 9.47 Å². The molecule has 0 aliphatic rings. The summed E-state index contributed by atoms with van der Waals surface area (Å²) in [5.41, 5.74) is 2.25. The van der Waals surface area contributed by atoms with E-state index in [0.29, 0.717) is 23.0 Å². The zero-order chi connectivity index (χ0) is 21.6. The van der Waals surface area contributed by atoms with Gasteiger partial charge in [0.2, 0.25) is 5.91 Å². The van der Waals surface area contributed by atoms with E-state index >= 15 is 0 Å². The maximum Gasteiger partial charge on any atom is 0.234 e. The fourth-order valence-electron chi connectivity index (χ4n) is 2.98. The van der Waals surface area contributed by atoms with E-state index in [-0.39, 0.29) is 11.7 Å². The lowest BCUT2D eigenvalue weighted by atomic mass is 10.3. The summed E-state index contributed by atoms with van der Waals surface area (Å²) in [5, 5.41) is 8.82. The zero-order valence-electron chi connectivity index (χ0n) is 17.1. The van der Waals surface area contributed by atoms with Gasteiger partial charge in [-0.15, -0.1) is 0 Å². The number of ether oxygens (including phenoxy) is 2. The van der Waals surface area contributed by atoms with Crippen molar-refractivity contribution >= 4 is 34.4 Å². The van der Waals surface area contributed by atoms with Crippen LogP contribution in [0.2, 0.25) is 0 Å². The Morgan fingerprint density at radius 3 is 2.52 bits per heavy atom. The van der Waals surface area contributed by atoms with Gasteiger partial charge in [-0.1, -0.05) is 11.8 Å². The number of hydrogen-bond donors (Lipinski definition) is 1. The van der Waals surface area contributed by atoms with Crippen molar-refractivity contribution in [1.82, 2.24) is 19.7 Å². The molecule has 1 N–H and O–H groups in total. The van der Waals surface area contributed by atoms with E-state index in [1.54, 1.807) is 18.0 Å². The van der Waals surface area contributed by atoms with Crippen molar-refractivity contribution < 1.29 is 14.3 Å². The Balaban J connectivity index is 1.45. The van der Waals surface area contributed by atoms with Gasteiger partial charge >= 0.3 is 0 Å². The topological polar surface area (TPSA) is 91.2 Å². The van der Waals surface area contributed by atoms with Gasteiger partial charge in [0.05, 0.1) is 36.7 Å². The smallest absolute Gasteiger partial charge is 0.234 e. The van der Waals surface area contributed by atoms with Gasteiger partial charge in [-0.05, 0) is 55.5 Å². The number of nitrogens with one attached hydrogen (secondary N) is 1. The standard InChI is InChI=1S/C22H21N5O3S/c1-3-30-18-8-4-15(5-9-18)26-20(28)13-31-22-19-12-25-27(21(19)23-14-24-22)16-6-10-17(29-2)11-7-16/h4-12,14H,3,13H2,1-2H3,(H,26,28). The Morgan fingerprint density at radius 2 is 1.81 bits per heavy atom. The van der Waals surface area contributed by atoms with Crippen molar-refractivity contribution in [3.63, 3.8) is 0 Å². The molecule has 2 heterocycles. The quantitative estimate of drug-likeness (QED) is 0.331. The minimum atomic E-state index is -0.122. The first-order valence-electron chi connectivity index (χ1n) is 9.66. The predicted octanol–water partition coefficient (Wildman–Crippen LogP) is 3.95. The fourth-order valence-corrected chi connectivity index (χ4v) is 3.74. The molecule has 4 rings (SSSR count). The summed E-state index contributed by atoms with van der Waals surface area (Å²) < 4.78 is 12.4. The number of methoxy groups -OCH3 is 1. The van der Waals surface area contributed by atoms with E-state index in [2.05, 4.69) is 20.4 Å². The third-order valence-electron chi connectivity index (χ3n) is 4.44. The Morgan fingerprint density at radius 1 is 1.06 bits per heavy atom. The van der Waals surface area contributed by atoms with E-state index in [1.165, 1.54) is 18.1 Å². The largest absolute Gasteiger partial charge is 0.497 e. The van der Waals surface area contributed by atoms with Crippen molar-refractivity contribution in [3.05, 3.63) is 61.1 Å². The Bertz CT molecular complexity index is 1180. The number of fused-ring (bicyclic) bond motifs is 1. The SMILES string of the molecule is CCOc1ccc(NC(=O)CSc2ncnc3c2cnn3-c2ccc(OC)cc2)cc1. The van der Waals surface area contributed by atoms with Crippen LogP contribution in [-0.2, 0) is 4.79 Å². The van der Waals surface area contributed by atoms with Crippen molar-refractivity contribution in [2.75, 3.05) is 24.8 Å². The number of rotatable bonds is 8. The van der Waals surface area contributed by atoms with Crippen LogP contribution in [0.1, 0.15) is 6.92 Å². The van der Waals surface area contributed by atoms with E-state index < -0.39 is 0 Å². The number of hydrogen-bond acceptors (Lipinski definition) is 7. The number of thioether (sulfide) groups is 1. The van der Waals surface area contributed by atoms with Crippen LogP contribution in [0, 0.1) is 0 Å². The van der Waals surface area contributed by atoms with Crippen LogP contribution in [-0.4, -0.2) is 45.1 Å². The maximum atomic E-state index is 12.4. The van der Waals surface area contributed by atoms with Crippen LogP contribution < -0.4 is 14.8 Å². The molecule has 1 amide bonds. The molecule has 0 atom stereocenters. The second kappa shape index (κ2) is 9.48. The van der Waals surface area contributed by atoms with Gasteiger partial charge in [-0.3, -0.25) is 4.79 Å². The molecule has 0 saturated heterocycles. The zero-order valence-corrected chi connectivity index (χ0v) is 17.9. The Labute approximate surface area is 183 Å². The molecule has 9 heteroatoms. The first-order chi connectivity index (χ1) is 15.2. The molecule has 0 saturated carbocycles. The molecule has 0 bridgehead atoms. The summed E-state index contributed by atoms with van der Waals surface area (Å²) >= 11 is 1.34. The van der Waals surface area contributed by atoms with Gasteiger partial charge in [-0.2, -0.15) is 5.10 Å². The normalized spacial score (nSPS) is 10.8. The van der Waals surface area contributed by atoms with Crippen molar-refractivity contribution in [2.24, 2.45) is 0 Å². The third kappa shape index (κ3) is 4.77. The fraction of sp³-hybridized carbons (Fsp3) is 0.182. The predicted molar refractivity (Wildman–Crippen MR) is 120 cm³/mol. The maximum absolute atomic E-state index is 12.4. The number of amides is 1. The molecule has 2 aromatic heterocycles. The third-order valence-corrected chi connectivity index (χ3v) is 5.44. The average molecular weight is 436 g/mol. The summed E-state index contributed by atoms with van der Waals surface area (Å²) in [6.07, 6.45) is 3.20. The van der Waals surface area contributed by atoms with E-state index in [9.17, 15) is 4.79 Å². The van der Waals surface area contributed by atoms with Crippen LogP contribution in [0.3, 0.4) is 0 Å². The lowest BCUT2D eigenvalue weighted by molar-refractivity contribution is -0.113. The van der Waals surface area contributed by atoms with Crippen LogP contribution in [0.25, 0.3) is 16.7 Å². The Kier molecular flexibility index (Phi) is 6.32. The summed E-state index contributed by atoms with van der Waals surface area (Å²) in [5.74, 6) is 1.63. The van der Waals surface area contributed by atoms with Crippen LogP contribution in [0.5, 0.6) is 11.5 Å². The van der Waals surface area contributed by atoms with E-state index in [1.807, 2.05) is 55.5 Å². The average Bonchev–Trinajstić information content (AvgIpc) is 3.24. The summed E-state index contributed by atoms with van der Waals surface area (Å²) in [6.45, 7) is 2.53. The molecule has 0 aliphatic heterocycles. The lowest BCUT2D eigenvalue weighted by Gasteiger charge is -2.07. The molecule has 8 nitrogen and oxygen atoms in total. The van der Waals surface area contributed by atoms with Crippen molar-refractivity contribution in [1.29, 1.82) is 0 Å². The highest BCUT2D eigenvalue weighted by molar-refractivity contribution is 8.00. The second-order valence-electron chi connectivity index (χ2n) is 6.46. The highest BCUT2D eigenvalue weighted by Gasteiger charge is 2.13. The number of nitrogens with zero attached hydrogens (tertiary/aromatic N) is 4. The van der Waals surface area contributed by atoms with Crippen molar-refractivity contribution in [2.45, 2.75) is 11.9 Å². The number of aromatic nitrogens is 4. The van der Waals surface area contributed by atoms with Gasteiger partial charge in [0.1, 0.15) is 22.9 Å². The van der Waals surface area contributed by atoms with Gasteiger partial charge in [0.25, 0.3) is 0 Å². The Hall–Kier alpha value is -3.59. The summed E-state index contributed by atoms with van der Waals surface area (Å²) in [4.78, 5) is 21.1. The van der Waals surface area contributed by atoms with E-state index in [0.717, 1.165) is 22.6 Å². The molecule has 0 fully saturated rings. The first kappa shape index (κ1) is 20.7. The van der Waals surface area contributed by atoms with Crippen molar-refractivity contribution in [3.8, 4) is 17.2 Å². The molecule has 2 aromatic carbocycles. The molecule has 0 radical (unpaired) electrons. The van der Waals surface area contributed by atoms with Gasteiger partial charge in [0, 0.05) is 5.69 Å². The molecule has 0 aliphatic carbocycles. The molecule has 158 valence electrons. The molecular weight excluding hydrogens is 414 g/mol. The molecular formula is C22H21N5O3S. The van der Waals surface area contributed by atoms with Crippen LogP contribution in [0.4, 0.5) is 5.69 Å². The molecule has 31 heavy (non-hydrogen) atoms. The second-order valence-corrected chi connectivity index (χ2v) is 7.43. The number of anilines is 1. The van der Waals surface area contributed by atoms with Crippen LogP contribution in [0.15, 0.2) is 66.1 Å². The minimum absolute atomic E-state index is 0.122.